The number of carbonyl (C=O) groups is 2. The van der Waals surface area contributed by atoms with Crippen molar-refractivity contribution in [2.75, 3.05) is 12.0 Å². The number of urea groups is 1. The number of amides is 2. The minimum Gasteiger partial charge on any atom is -0.451 e. The molecule has 6 rings (SSSR count). The Bertz CT molecular complexity index is 1720. The fourth-order valence-corrected chi connectivity index (χ4v) is 6.62. The highest BCUT2D eigenvalue weighted by atomic mass is 16.5. The number of hydrogen-bond donors (Lipinski definition) is 1. The summed E-state index contributed by atoms with van der Waals surface area (Å²) in [5.74, 6) is 0. The minimum absolute atomic E-state index is 0.00786. The number of benzene rings is 3. The molecule has 2 aliphatic rings. The number of carbonyl (C=O) groups excluding carboxylic acids is 2. The lowest BCUT2D eigenvalue weighted by Crippen LogP contribution is -2.50. The van der Waals surface area contributed by atoms with Gasteiger partial charge in [-0.25, -0.2) is 9.59 Å². The van der Waals surface area contributed by atoms with Gasteiger partial charge in [-0.1, -0.05) is 84.0 Å². The van der Waals surface area contributed by atoms with Crippen LogP contribution in [0.3, 0.4) is 0 Å². The Morgan fingerprint density at radius 3 is 2.05 bits per heavy atom. The van der Waals surface area contributed by atoms with E-state index < -0.39 is 6.09 Å². The van der Waals surface area contributed by atoms with Gasteiger partial charge < -0.3 is 10.1 Å². The molecule has 7 nitrogen and oxygen atoms in total. The van der Waals surface area contributed by atoms with Gasteiger partial charge in [0, 0.05) is 17.5 Å². The van der Waals surface area contributed by atoms with E-state index in [4.69, 9.17) is 4.74 Å². The molecule has 7 heteroatoms. The minimum atomic E-state index is -0.565. The number of nitrogens with one attached hydrogen (secondary N) is 1. The molecule has 2 atom stereocenters. The quantitative estimate of drug-likeness (QED) is 0.281. The van der Waals surface area contributed by atoms with Gasteiger partial charge in [0.1, 0.15) is 0 Å². The van der Waals surface area contributed by atoms with Crippen LogP contribution in [0.1, 0.15) is 74.9 Å². The highest BCUT2D eigenvalue weighted by molar-refractivity contribution is 6.04. The number of methoxy groups -OCH3 is 1. The normalized spacial score (nSPS) is 17.9. The topological polar surface area (TPSA) is 76.5 Å². The van der Waals surface area contributed by atoms with E-state index >= 15 is 0 Å². The van der Waals surface area contributed by atoms with Gasteiger partial charge in [0.2, 0.25) is 0 Å². The van der Waals surface area contributed by atoms with Gasteiger partial charge >= 0.3 is 12.1 Å². The molecule has 0 saturated carbocycles. The lowest BCUT2D eigenvalue weighted by atomic mass is 9.85. The smallest absolute Gasteiger partial charge is 0.434 e. The summed E-state index contributed by atoms with van der Waals surface area (Å²) in [6.07, 6.45) is 4.22. The van der Waals surface area contributed by atoms with Crippen molar-refractivity contribution in [2.45, 2.75) is 90.1 Å². The lowest BCUT2D eigenvalue weighted by Gasteiger charge is -2.31. The van der Waals surface area contributed by atoms with Crippen LogP contribution in [0.15, 0.2) is 60.8 Å². The van der Waals surface area contributed by atoms with Crippen molar-refractivity contribution in [2.24, 2.45) is 0 Å². The van der Waals surface area contributed by atoms with Crippen molar-refractivity contribution in [3.05, 3.63) is 94.2 Å². The first-order valence-electron chi connectivity index (χ1n) is 15.2. The fourth-order valence-electron chi connectivity index (χ4n) is 6.62. The van der Waals surface area contributed by atoms with Crippen LogP contribution in [0, 0.1) is 0 Å². The maximum atomic E-state index is 14.4. The number of hydrogen-bond acceptors (Lipinski definition) is 4. The number of rotatable bonds is 3. The van der Waals surface area contributed by atoms with E-state index in [-0.39, 0.29) is 28.9 Å². The predicted molar refractivity (Wildman–Crippen MR) is 171 cm³/mol. The second-order valence-corrected chi connectivity index (χ2v) is 14.2. The number of fused-ring (bicyclic) bond motifs is 3. The lowest BCUT2D eigenvalue weighted by molar-refractivity contribution is 0.170. The Labute approximate surface area is 254 Å². The molecular formula is C36H42N4O3. The summed E-state index contributed by atoms with van der Waals surface area (Å²) < 4.78 is 6.19. The first-order chi connectivity index (χ1) is 20.3. The first kappa shape index (κ1) is 29.0. The maximum absolute atomic E-state index is 14.4. The van der Waals surface area contributed by atoms with E-state index in [1.807, 2.05) is 23.1 Å². The van der Waals surface area contributed by atoms with Crippen LogP contribution < -0.4 is 10.2 Å². The zero-order valence-corrected chi connectivity index (χ0v) is 26.3. The van der Waals surface area contributed by atoms with Crippen LogP contribution in [0.5, 0.6) is 0 Å². The van der Waals surface area contributed by atoms with Crippen molar-refractivity contribution in [3.8, 4) is 0 Å². The fraction of sp³-hybridized carbons (Fsp3) is 0.417. The first-order valence-corrected chi connectivity index (χ1v) is 15.2. The second kappa shape index (κ2) is 10.5. The van der Waals surface area contributed by atoms with Gasteiger partial charge in [0.05, 0.1) is 24.5 Å². The van der Waals surface area contributed by atoms with Gasteiger partial charge in [-0.05, 0) is 82.0 Å². The Morgan fingerprint density at radius 2 is 1.42 bits per heavy atom. The summed E-state index contributed by atoms with van der Waals surface area (Å²) in [6.45, 7) is 13.4. The number of aromatic nitrogens is 2. The molecule has 1 heterocycles. The zero-order chi connectivity index (χ0) is 30.7. The Hall–Kier alpha value is -4.13. The van der Waals surface area contributed by atoms with Gasteiger partial charge in [0.15, 0.2) is 0 Å². The van der Waals surface area contributed by atoms with Gasteiger partial charge in [-0.3, -0.25) is 4.90 Å². The summed E-state index contributed by atoms with van der Waals surface area (Å²) in [5.41, 5.74) is 9.25. The van der Waals surface area contributed by atoms with Crippen molar-refractivity contribution in [1.82, 2.24) is 15.1 Å². The standard InChI is InChI=1S/C36H42N4O3/c1-35(2,3)26-13-11-22-17-28(18-24(22)15-26)38-33(41)39(29-19-23-12-14-27(36(4,5)6)16-25(23)20-29)31-9-8-10-32-30(31)21-37-40(32)34(42)43-7/h8-16,21,28-29H,17-20H2,1-7H3,(H,38,41). The SMILES string of the molecule is COC(=O)n1ncc2c(N(C(=O)NC3Cc4ccc(C(C)(C)C)cc4C3)C3Cc4ccc(C(C)(C)C)cc4C3)cccc21. The third-order valence-corrected chi connectivity index (χ3v) is 9.10. The predicted octanol–water partition coefficient (Wildman–Crippen LogP) is 7.10. The van der Waals surface area contributed by atoms with Crippen LogP contribution in [-0.2, 0) is 41.3 Å². The van der Waals surface area contributed by atoms with Gasteiger partial charge in [0.25, 0.3) is 0 Å². The average Bonchev–Trinajstić information content (AvgIpc) is 3.67. The summed E-state index contributed by atoms with van der Waals surface area (Å²) in [4.78, 5) is 28.7. The van der Waals surface area contributed by atoms with Crippen LogP contribution in [-0.4, -0.2) is 41.1 Å². The third-order valence-electron chi connectivity index (χ3n) is 9.10. The number of nitrogens with zero attached hydrogens (tertiary/aromatic N) is 3. The van der Waals surface area contributed by atoms with E-state index in [1.54, 1.807) is 6.20 Å². The Morgan fingerprint density at radius 1 is 0.837 bits per heavy atom. The molecule has 2 unspecified atom stereocenters. The second-order valence-electron chi connectivity index (χ2n) is 14.2. The molecule has 2 amide bonds. The van der Waals surface area contributed by atoms with E-state index in [1.165, 1.54) is 45.2 Å². The third kappa shape index (κ3) is 5.41. The van der Waals surface area contributed by atoms with E-state index in [9.17, 15) is 9.59 Å². The molecule has 0 aliphatic heterocycles. The van der Waals surface area contributed by atoms with Gasteiger partial charge in [-0.2, -0.15) is 9.78 Å². The molecule has 4 aromatic rings. The van der Waals surface area contributed by atoms with E-state index in [0.717, 1.165) is 36.8 Å². The van der Waals surface area contributed by atoms with Crippen LogP contribution in [0.2, 0.25) is 0 Å². The largest absolute Gasteiger partial charge is 0.451 e. The molecule has 2 aliphatic carbocycles. The summed E-state index contributed by atoms with van der Waals surface area (Å²) >= 11 is 0. The van der Waals surface area contributed by atoms with Crippen molar-refractivity contribution in [3.63, 3.8) is 0 Å². The highest BCUT2D eigenvalue weighted by Crippen LogP contribution is 2.36. The monoisotopic (exact) mass is 578 g/mol. The highest BCUT2D eigenvalue weighted by Gasteiger charge is 2.35. The molecule has 43 heavy (non-hydrogen) atoms. The average molecular weight is 579 g/mol. The zero-order valence-electron chi connectivity index (χ0n) is 26.3. The van der Waals surface area contributed by atoms with Gasteiger partial charge in [-0.15, -0.1) is 0 Å². The Balaban J connectivity index is 1.34. The van der Waals surface area contributed by atoms with E-state index in [2.05, 4.69) is 88.4 Å². The Kier molecular flexibility index (Phi) is 7.10. The van der Waals surface area contributed by atoms with Crippen LogP contribution >= 0.6 is 0 Å². The molecule has 0 spiro atoms. The maximum Gasteiger partial charge on any atom is 0.434 e. The molecule has 0 bridgehead atoms. The molecule has 0 saturated heterocycles. The number of ether oxygens (including phenoxy) is 1. The molecule has 1 aromatic heterocycles. The van der Waals surface area contributed by atoms with Crippen molar-refractivity contribution in [1.29, 1.82) is 0 Å². The summed E-state index contributed by atoms with van der Waals surface area (Å²) in [5, 5.41) is 8.45. The summed E-state index contributed by atoms with van der Waals surface area (Å²) in [6, 6.07) is 19.0. The van der Waals surface area contributed by atoms with Crippen LogP contribution in [0.25, 0.3) is 10.9 Å². The molecule has 3 aromatic carbocycles. The number of anilines is 1. The summed E-state index contributed by atoms with van der Waals surface area (Å²) in [7, 11) is 1.34. The molecule has 0 fully saturated rings. The molecule has 1 N–H and O–H groups in total. The van der Waals surface area contributed by atoms with Crippen molar-refractivity contribution < 1.29 is 14.3 Å². The molecule has 0 radical (unpaired) electrons. The molecule has 224 valence electrons. The van der Waals surface area contributed by atoms with Crippen LogP contribution in [0.4, 0.5) is 15.3 Å². The van der Waals surface area contributed by atoms with E-state index in [0.29, 0.717) is 5.52 Å². The molecular weight excluding hydrogens is 536 g/mol. The van der Waals surface area contributed by atoms with Crippen molar-refractivity contribution >= 4 is 28.7 Å².